The molecule has 4 nitrogen and oxygen atoms in total. The number of rotatable bonds is 4. The molecule has 0 saturated heterocycles. The minimum atomic E-state index is -0.386. The van der Waals surface area contributed by atoms with Crippen molar-refractivity contribution < 1.29 is 0 Å². The van der Waals surface area contributed by atoms with Crippen molar-refractivity contribution in [2.45, 2.75) is 32.9 Å². The molecule has 0 saturated carbocycles. The molecule has 4 heteroatoms. The van der Waals surface area contributed by atoms with E-state index >= 15 is 0 Å². The zero-order valence-electron chi connectivity index (χ0n) is 9.55. The number of hydrogen-bond acceptors (Lipinski definition) is 3. The second-order valence-corrected chi connectivity index (χ2v) is 3.91. The van der Waals surface area contributed by atoms with Crippen molar-refractivity contribution in [3.63, 3.8) is 0 Å². The second kappa shape index (κ2) is 4.43. The van der Waals surface area contributed by atoms with Gasteiger partial charge in [0.15, 0.2) is 0 Å². The second-order valence-electron chi connectivity index (χ2n) is 3.91. The Kier molecular flexibility index (Phi) is 2.99. The summed E-state index contributed by atoms with van der Waals surface area (Å²) in [6.07, 6.45) is 1.02. The fourth-order valence-corrected chi connectivity index (χ4v) is 1.89. The molecule has 1 atom stereocenters. The van der Waals surface area contributed by atoms with E-state index in [-0.39, 0.29) is 6.04 Å². The lowest BCUT2D eigenvalue weighted by Gasteiger charge is -1.99. The third-order valence-electron chi connectivity index (χ3n) is 2.68. The highest BCUT2D eigenvalue weighted by atomic mass is 16.3. The number of hydrogen-bond donors (Lipinski definition) is 0. The van der Waals surface area contributed by atoms with Crippen molar-refractivity contribution in [1.29, 1.82) is 0 Å². The highest BCUT2D eigenvalue weighted by Gasteiger charge is 2.15. The standard InChI is InChI=1S/C12H15N3O/c1-3-8-15-11-7-5-4-6-10(11)12(13-15)9(2)14-16/h4-7,9H,3,8H2,1-2H3. The van der Waals surface area contributed by atoms with Gasteiger partial charge in [-0.1, -0.05) is 30.3 Å². The molecule has 2 aromatic rings. The molecule has 0 amide bonds. The van der Waals surface area contributed by atoms with Crippen LogP contribution in [-0.2, 0) is 6.54 Å². The molecule has 0 aliphatic rings. The van der Waals surface area contributed by atoms with Crippen molar-refractivity contribution in [1.82, 2.24) is 9.78 Å². The minimum Gasteiger partial charge on any atom is -0.265 e. The van der Waals surface area contributed by atoms with Crippen LogP contribution in [0.15, 0.2) is 29.4 Å². The quantitative estimate of drug-likeness (QED) is 0.738. The first-order chi connectivity index (χ1) is 7.77. The summed E-state index contributed by atoms with van der Waals surface area (Å²) in [5, 5.41) is 8.56. The van der Waals surface area contributed by atoms with E-state index in [9.17, 15) is 4.91 Å². The molecule has 0 aliphatic heterocycles. The smallest absolute Gasteiger partial charge is 0.133 e. The van der Waals surface area contributed by atoms with Crippen LogP contribution < -0.4 is 0 Å². The van der Waals surface area contributed by atoms with Gasteiger partial charge in [-0.2, -0.15) is 10.0 Å². The third-order valence-corrected chi connectivity index (χ3v) is 2.68. The molecule has 1 unspecified atom stereocenters. The first-order valence-corrected chi connectivity index (χ1v) is 5.55. The predicted molar refractivity (Wildman–Crippen MR) is 64.2 cm³/mol. The number of nitrogens with zero attached hydrogens (tertiary/aromatic N) is 3. The summed E-state index contributed by atoms with van der Waals surface area (Å²) in [5.74, 6) is 0. The first kappa shape index (κ1) is 10.8. The molecule has 0 fully saturated rings. The van der Waals surface area contributed by atoms with Crippen LogP contribution in [0.4, 0.5) is 0 Å². The van der Waals surface area contributed by atoms with E-state index in [4.69, 9.17) is 0 Å². The van der Waals surface area contributed by atoms with Crippen LogP contribution in [0, 0.1) is 4.91 Å². The van der Waals surface area contributed by atoms with Crippen molar-refractivity contribution in [3.05, 3.63) is 34.9 Å². The van der Waals surface area contributed by atoms with Gasteiger partial charge in [0.05, 0.1) is 11.2 Å². The highest BCUT2D eigenvalue weighted by Crippen LogP contribution is 2.25. The Hall–Kier alpha value is -1.71. The molecule has 1 aromatic carbocycles. The lowest BCUT2D eigenvalue weighted by Crippen LogP contribution is -2.00. The summed E-state index contributed by atoms with van der Waals surface area (Å²) >= 11 is 0. The van der Waals surface area contributed by atoms with Crippen LogP contribution >= 0.6 is 0 Å². The number of para-hydroxylation sites is 1. The topological polar surface area (TPSA) is 47.2 Å². The number of nitroso groups, excluding NO2 is 1. The van der Waals surface area contributed by atoms with E-state index in [1.807, 2.05) is 28.9 Å². The zero-order valence-corrected chi connectivity index (χ0v) is 9.55. The summed E-state index contributed by atoms with van der Waals surface area (Å²) in [6, 6.07) is 7.58. The maximum Gasteiger partial charge on any atom is 0.133 e. The summed E-state index contributed by atoms with van der Waals surface area (Å²) in [7, 11) is 0. The summed E-state index contributed by atoms with van der Waals surface area (Å²) in [4.78, 5) is 10.6. The molecule has 16 heavy (non-hydrogen) atoms. The van der Waals surface area contributed by atoms with Gasteiger partial charge in [0.2, 0.25) is 0 Å². The van der Waals surface area contributed by atoms with Crippen LogP contribution in [0.2, 0.25) is 0 Å². The third kappa shape index (κ3) is 1.71. The van der Waals surface area contributed by atoms with Crippen LogP contribution in [-0.4, -0.2) is 9.78 Å². The first-order valence-electron chi connectivity index (χ1n) is 5.55. The Labute approximate surface area is 94.2 Å². The number of fused-ring (bicyclic) bond motifs is 1. The Morgan fingerprint density at radius 2 is 2.19 bits per heavy atom. The van der Waals surface area contributed by atoms with Gasteiger partial charge in [-0.3, -0.25) is 4.68 Å². The van der Waals surface area contributed by atoms with E-state index < -0.39 is 0 Å². The van der Waals surface area contributed by atoms with Gasteiger partial charge >= 0.3 is 0 Å². The van der Waals surface area contributed by atoms with Crippen LogP contribution in [0.1, 0.15) is 32.0 Å². The van der Waals surface area contributed by atoms with Crippen LogP contribution in [0.3, 0.4) is 0 Å². The van der Waals surface area contributed by atoms with Crippen molar-refractivity contribution in [3.8, 4) is 0 Å². The van der Waals surface area contributed by atoms with E-state index in [2.05, 4.69) is 17.2 Å². The zero-order chi connectivity index (χ0) is 11.5. The van der Waals surface area contributed by atoms with Crippen molar-refractivity contribution in [2.75, 3.05) is 0 Å². The molecule has 84 valence electrons. The monoisotopic (exact) mass is 217 g/mol. The van der Waals surface area contributed by atoms with Gasteiger partial charge < -0.3 is 0 Å². The lowest BCUT2D eigenvalue weighted by atomic mass is 10.1. The fraction of sp³-hybridized carbons (Fsp3) is 0.417. The number of benzene rings is 1. The average Bonchev–Trinajstić information content (AvgIpc) is 2.68. The number of aromatic nitrogens is 2. The van der Waals surface area contributed by atoms with Gasteiger partial charge in [-0.05, 0) is 19.4 Å². The normalized spacial score (nSPS) is 12.9. The molecule has 0 N–H and O–H groups in total. The largest absolute Gasteiger partial charge is 0.265 e. The molecule has 1 heterocycles. The Balaban J connectivity index is 2.61. The molecular weight excluding hydrogens is 202 g/mol. The van der Waals surface area contributed by atoms with Crippen molar-refractivity contribution >= 4 is 10.9 Å². The maximum absolute atomic E-state index is 10.6. The van der Waals surface area contributed by atoms with Gasteiger partial charge in [-0.15, -0.1) is 0 Å². The van der Waals surface area contributed by atoms with E-state index in [0.717, 1.165) is 29.6 Å². The van der Waals surface area contributed by atoms with Crippen LogP contribution in [0.25, 0.3) is 10.9 Å². The molecule has 0 radical (unpaired) electrons. The van der Waals surface area contributed by atoms with E-state index in [1.165, 1.54) is 0 Å². The van der Waals surface area contributed by atoms with Gasteiger partial charge in [0, 0.05) is 11.9 Å². The van der Waals surface area contributed by atoms with Crippen LogP contribution in [0.5, 0.6) is 0 Å². The molecular formula is C12H15N3O. The maximum atomic E-state index is 10.6. The summed E-state index contributed by atoms with van der Waals surface area (Å²) in [6.45, 7) is 4.75. The summed E-state index contributed by atoms with van der Waals surface area (Å²) < 4.78 is 1.95. The minimum absolute atomic E-state index is 0.386. The Bertz CT molecular complexity index is 504. The predicted octanol–water partition coefficient (Wildman–Crippen LogP) is 3.27. The summed E-state index contributed by atoms with van der Waals surface area (Å²) in [5.41, 5.74) is 1.86. The average molecular weight is 217 g/mol. The lowest BCUT2D eigenvalue weighted by molar-refractivity contribution is 0.601. The molecule has 1 aromatic heterocycles. The highest BCUT2D eigenvalue weighted by molar-refractivity contribution is 5.82. The van der Waals surface area contributed by atoms with Crippen molar-refractivity contribution in [2.24, 2.45) is 5.18 Å². The Morgan fingerprint density at radius 3 is 2.88 bits per heavy atom. The SMILES string of the molecule is CCCn1nc(C(C)N=O)c2ccccc21. The van der Waals surface area contributed by atoms with Gasteiger partial charge in [0.25, 0.3) is 0 Å². The van der Waals surface area contributed by atoms with E-state index in [0.29, 0.717) is 0 Å². The van der Waals surface area contributed by atoms with E-state index in [1.54, 1.807) is 6.92 Å². The molecule has 0 aliphatic carbocycles. The Morgan fingerprint density at radius 1 is 1.44 bits per heavy atom. The molecule has 0 spiro atoms. The fourth-order valence-electron chi connectivity index (χ4n) is 1.89. The molecule has 2 rings (SSSR count). The van der Waals surface area contributed by atoms with Gasteiger partial charge in [-0.25, -0.2) is 0 Å². The number of aryl methyl sites for hydroxylation is 1. The molecule has 0 bridgehead atoms. The van der Waals surface area contributed by atoms with Gasteiger partial charge in [0.1, 0.15) is 6.04 Å².